The summed E-state index contributed by atoms with van der Waals surface area (Å²) in [5.74, 6) is 1.04. The number of aromatic nitrogens is 3. The first-order chi connectivity index (χ1) is 16.5. The molecule has 0 atom stereocenters. The van der Waals surface area contributed by atoms with E-state index >= 15 is 0 Å². The molecular weight excluding hydrogens is 440 g/mol. The summed E-state index contributed by atoms with van der Waals surface area (Å²) < 4.78 is 33.7. The first-order valence-corrected chi connectivity index (χ1v) is 11.2. The van der Waals surface area contributed by atoms with Gasteiger partial charge < -0.3 is 15.0 Å². The number of nitrogens with one attached hydrogen (secondary N) is 1. The predicted molar refractivity (Wildman–Crippen MR) is 128 cm³/mol. The third-order valence-corrected chi connectivity index (χ3v) is 6.19. The molecule has 0 amide bonds. The minimum absolute atomic E-state index is 0.0932. The molecule has 2 aromatic carbocycles. The molecule has 0 aliphatic carbocycles. The van der Waals surface area contributed by atoms with E-state index < -0.39 is 6.61 Å². The lowest BCUT2D eigenvalue weighted by Crippen LogP contribution is -2.43. The van der Waals surface area contributed by atoms with E-state index in [9.17, 15) is 13.6 Å². The highest BCUT2D eigenvalue weighted by molar-refractivity contribution is 5.84. The van der Waals surface area contributed by atoms with E-state index in [-0.39, 0.29) is 17.9 Å². The summed E-state index contributed by atoms with van der Waals surface area (Å²) in [5.41, 5.74) is 2.97. The van der Waals surface area contributed by atoms with Crippen LogP contribution in [0.2, 0.25) is 0 Å². The molecule has 4 aromatic rings. The maximum absolute atomic E-state index is 12.9. The van der Waals surface area contributed by atoms with Crippen molar-refractivity contribution in [1.29, 1.82) is 0 Å². The van der Waals surface area contributed by atoms with Gasteiger partial charge in [-0.25, -0.2) is 4.98 Å². The fourth-order valence-electron chi connectivity index (χ4n) is 4.39. The van der Waals surface area contributed by atoms with Crippen molar-refractivity contribution >= 4 is 16.7 Å². The molecule has 0 unspecified atom stereocenters. The van der Waals surface area contributed by atoms with Gasteiger partial charge in [0.25, 0.3) is 5.56 Å². The number of piperazine rings is 1. The number of rotatable bonds is 6. The SMILES string of the molecule is Cn1c(=O)c2ccc(-c3ccc(N4CCNCC4)nc3)cc2n1Cc1ccccc1OC(F)F. The first-order valence-electron chi connectivity index (χ1n) is 11.2. The number of pyridine rings is 1. The molecule has 5 rings (SSSR count). The van der Waals surface area contributed by atoms with Gasteiger partial charge in [0, 0.05) is 50.6 Å². The second-order valence-electron chi connectivity index (χ2n) is 8.25. The molecule has 1 aliphatic rings. The van der Waals surface area contributed by atoms with E-state index in [0.717, 1.165) is 43.1 Å². The van der Waals surface area contributed by atoms with Gasteiger partial charge in [-0.1, -0.05) is 24.3 Å². The summed E-state index contributed by atoms with van der Waals surface area (Å²) in [6.07, 6.45) is 1.84. The Labute approximate surface area is 195 Å². The molecule has 0 bridgehead atoms. The number of hydrogen-bond acceptors (Lipinski definition) is 5. The van der Waals surface area contributed by atoms with Crippen molar-refractivity contribution in [3.63, 3.8) is 0 Å². The van der Waals surface area contributed by atoms with Crippen LogP contribution in [0.3, 0.4) is 0 Å². The van der Waals surface area contributed by atoms with Crippen molar-refractivity contribution in [1.82, 2.24) is 19.7 Å². The molecule has 1 N–H and O–H groups in total. The molecule has 7 nitrogen and oxygen atoms in total. The molecule has 176 valence electrons. The molecule has 1 fully saturated rings. The number of fused-ring (bicyclic) bond motifs is 1. The highest BCUT2D eigenvalue weighted by Gasteiger charge is 2.16. The van der Waals surface area contributed by atoms with Gasteiger partial charge in [0.1, 0.15) is 11.6 Å². The Hall–Kier alpha value is -3.72. The minimum Gasteiger partial charge on any atom is -0.434 e. The van der Waals surface area contributed by atoms with Gasteiger partial charge in [0.05, 0.1) is 17.4 Å². The summed E-state index contributed by atoms with van der Waals surface area (Å²) in [7, 11) is 1.67. The van der Waals surface area contributed by atoms with E-state index in [1.807, 2.05) is 30.5 Å². The third kappa shape index (κ3) is 4.26. The molecule has 0 radical (unpaired) electrons. The van der Waals surface area contributed by atoms with E-state index in [4.69, 9.17) is 0 Å². The van der Waals surface area contributed by atoms with Crippen molar-refractivity contribution in [2.24, 2.45) is 7.05 Å². The van der Waals surface area contributed by atoms with E-state index in [1.54, 1.807) is 36.0 Å². The number of hydrogen-bond donors (Lipinski definition) is 1. The monoisotopic (exact) mass is 465 g/mol. The van der Waals surface area contributed by atoms with Crippen molar-refractivity contribution in [2.45, 2.75) is 13.2 Å². The standard InChI is InChI=1S/C25H25F2N5O2/c1-30-24(33)20-8-6-17(18-7-9-23(29-15-18)31-12-10-28-11-13-31)14-21(20)32(30)16-19-4-2-3-5-22(19)34-25(26)27/h2-9,14-15,25,28H,10-13,16H2,1H3. The van der Waals surface area contributed by atoms with Crippen LogP contribution >= 0.6 is 0 Å². The molecular formula is C25H25F2N5O2. The molecule has 9 heteroatoms. The second-order valence-corrected chi connectivity index (χ2v) is 8.25. The summed E-state index contributed by atoms with van der Waals surface area (Å²) in [5, 5.41) is 3.90. The highest BCUT2D eigenvalue weighted by atomic mass is 19.3. The van der Waals surface area contributed by atoms with E-state index in [1.165, 1.54) is 10.7 Å². The van der Waals surface area contributed by atoms with Crippen molar-refractivity contribution in [3.05, 3.63) is 76.7 Å². The Balaban J connectivity index is 1.50. The smallest absolute Gasteiger partial charge is 0.387 e. The van der Waals surface area contributed by atoms with Gasteiger partial charge >= 0.3 is 6.61 Å². The van der Waals surface area contributed by atoms with Gasteiger partial charge in [0.15, 0.2) is 0 Å². The second kappa shape index (κ2) is 9.26. The fourth-order valence-corrected chi connectivity index (χ4v) is 4.39. The quantitative estimate of drug-likeness (QED) is 0.473. The zero-order chi connectivity index (χ0) is 23.7. The Morgan fingerprint density at radius 3 is 2.56 bits per heavy atom. The van der Waals surface area contributed by atoms with Crippen LogP contribution in [0.4, 0.5) is 14.6 Å². The molecule has 34 heavy (non-hydrogen) atoms. The summed E-state index contributed by atoms with van der Waals surface area (Å²) in [4.78, 5) is 19.7. The predicted octanol–water partition coefficient (Wildman–Crippen LogP) is 3.46. The van der Waals surface area contributed by atoms with Crippen molar-refractivity contribution < 1.29 is 13.5 Å². The van der Waals surface area contributed by atoms with Gasteiger partial charge in [0.2, 0.25) is 0 Å². The number of alkyl halides is 2. The van der Waals surface area contributed by atoms with Crippen LogP contribution in [-0.2, 0) is 13.6 Å². The number of anilines is 1. The average molecular weight is 466 g/mol. The number of benzene rings is 2. The normalized spacial score (nSPS) is 14.2. The van der Waals surface area contributed by atoms with Crippen molar-refractivity contribution in [3.8, 4) is 16.9 Å². The van der Waals surface area contributed by atoms with Crippen LogP contribution in [0.1, 0.15) is 5.56 Å². The number of halogens is 2. The molecule has 0 saturated carbocycles. The van der Waals surface area contributed by atoms with Crippen LogP contribution in [-0.4, -0.2) is 47.1 Å². The summed E-state index contributed by atoms with van der Waals surface area (Å²) in [6, 6.07) is 16.3. The largest absolute Gasteiger partial charge is 0.434 e. The molecule has 3 heterocycles. The van der Waals surface area contributed by atoms with Gasteiger partial charge in [-0.15, -0.1) is 0 Å². The van der Waals surface area contributed by atoms with E-state index in [2.05, 4.69) is 19.9 Å². The number of nitrogens with zero attached hydrogens (tertiary/aromatic N) is 4. The van der Waals surface area contributed by atoms with Crippen molar-refractivity contribution in [2.75, 3.05) is 31.1 Å². The lowest BCUT2D eigenvalue weighted by molar-refractivity contribution is -0.0505. The topological polar surface area (TPSA) is 64.3 Å². The molecule has 1 saturated heterocycles. The molecule has 0 spiro atoms. The van der Waals surface area contributed by atoms with Crippen LogP contribution in [0, 0.1) is 0 Å². The van der Waals surface area contributed by atoms with Gasteiger partial charge in [-0.2, -0.15) is 8.78 Å². The maximum Gasteiger partial charge on any atom is 0.387 e. The Morgan fingerprint density at radius 1 is 1.06 bits per heavy atom. The van der Waals surface area contributed by atoms with Crippen LogP contribution in [0.5, 0.6) is 5.75 Å². The maximum atomic E-state index is 12.9. The van der Waals surface area contributed by atoms with Gasteiger partial charge in [-0.05, 0) is 35.9 Å². The minimum atomic E-state index is -2.92. The highest BCUT2D eigenvalue weighted by Crippen LogP contribution is 2.27. The molecule has 2 aromatic heterocycles. The lowest BCUT2D eigenvalue weighted by Gasteiger charge is -2.28. The lowest BCUT2D eigenvalue weighted by atomic mass is 10.1. The van der Waals surface area contributed by atoms with Crippen LogP contribution in [0.15, 0.2) is 65.6 Å². The zero-order valence-corrected chi connectivity index (χ0v) is 18.7. The summed E-state index contributed by atoms with van der Waals surface area (Å²) >= 11 is 0. The van der Waals surface area contributed by atoms with Gasteiger partial charge in [-0.3, -0.25) is 14.2 Å². The van der Waals surface area contributed by atoms with Crippen LogP contribution < -0.4 is 20.5 Å². The number of para-hydroxylation sites is 1. The Morgan fingerprint density at radius 2 is 1.82 bits per heavy atom. The zero-order valence-electron chi connectivity index (χ0n) is 18.7. The Kier molecular flexibility index (Phi) is 6.02. The molecule has 1 aliphatic heterocycles. The summed E-state index contributed by atoms with van der Waals surface area (Å²) in [6.45, 7) is 1.02. The third-order valence-electron chi connectivity index (χ3n) is 6.19. The van der Waals surface area contributed by atoms with E-state index in [0.29, 0.717) is 16.5 Å². The van der Waals surface area contributed by atoms with Crippen LogP contribution in [0.25, 0.3) is 22.0 Å². The average Bonchev–Trinajstić information content (AvgIpc) is 3.10. The number of ether oxygens (including phenoxy) is 1. The first kappa shape index (κ1) is 22.1. The fraction of sp³-hybridized carbons (Fsp3) is 0.280. The Bertz CT molecular complexity index is 1360.